The topological polar surface area (TPSA) is 78.9 Å². The van der Waals surface area contributed by atoms with Crippen LogP contribution in [0.25, 0.3) is 0 Å². The number of nitrogens with zero attached hydrogens (tertiary/aromatic N) is 1. The van der Waals surface area contributed by atoms with Crippen molar-refractivity contribution in [2.75, 3.05) is 18.5 Å². The first-order valence-corrected chi connectivity index (χ1v) is 8.02. The summed E-state index contributed by atoms with van der Waals surface area (Å²) in [7, 11) is 0. The van der Waals surface area contributed by atoms with Crippen LogP contribution in [0, 0.1) is 5.92 Å². The van der Waals surface area contributed by atoms with E-state index in [4.69, 9.17) is 4.74 Å². The van der Waals surface area contributed by atoms with Crippen LogP contribution in [0.3, 0.4) is 0 Å². The Labute approximate surface area is 135 Å². The van der Waals surface area contributed by atoms with Crippen molar-refractivity contribution < 1.29 is 19.4 Å². The molecule has 2 atom stereocenters. The second kappa shape index (κ2) is 6.58. The van der Waals surface area contributed by atoms with Gasteiger partial charge >= 0.3 is 0 Å². The number of aliphatic hydroxyl groups excluding tert-OH is 1. The molecule has 1 aliphatic carbocycles. The van der Waals surface area contributed by atoms with E-state index in [0.717, 1.165) is 12.4 Å². The summed E-state index contributed by atoms with van der Waals surface area (Å²) in [5, 5.41) is 12.5. The van der Waals surface area contributed by atoms with Gasteiger partial charge in [-0.3, -0.25) is 9.59 Å². The Morgan fingerprint density at radius 3 is 2.61 bits per heavy atom. The van der Waals surface area contributed by atoms with Gasteiger partial charge in [0.15, 0.2) is 0 Å². The quantitative estimate of drug-likeness (QED) is 0.860. The molecule has 2 aliphatic rings. The number of benzene rings is 1. The molecule has 1 aromatic carbocycles. The van der Waals surface area contributed by atoms with E-state index in [-0.39, 0.29) is 24.8 Å². The number of rotatable bonds is 5. The Morgan fingerprint density at radius 1 is 1.30 bits per heavy atom. The van der Waals surface area contributed by atoms with Gasteiger partial charge in [0.05, 0.1) is 12.7 Å². The number of amides is 2. The van der Waals surface area contributed by atoms with Crippen molar-refractivity contribution in [2.45, 2.75) is 38.3 Å². The third kappa shape index (κ3) is 4.01. The summed E-state index contributed by atoms with van der Waals surface area (Å²) in [5.41, 5.74) is 0.652. The van der Waals surface area contributed by atoms with E-state index in [0.29, 0.717) is 11.6 Å². The molecule has 6 nitrogen and oxygen atoms in total. The molecule has 2 amide bonds. The van der Waals surface area contributed by atoms with Crippen LogP contribution in [0.5, 0.6) is 5.75 Å². The molecule has 0 spiro atoms. The van der Waals surface area contributed by atoms with Gasteiger partial charge in [-0.05, 0) is 43.0 Å². The molecule has 1 aromatic rings. The molecule has 124 valence electrons. The average molecular weight is 318 g/mol. The Bertz CT molecular complexity index is 583. The normalized spacial score (nSPS) is 23.7. The van der Waals surface area contributed by atoms with Gasteiger partial charge in [0.2, 0.25) is 11.8 Å². The van der Waals surface area contributed by atoms with Crippen LogP contribution in [0.15, 0.2) is 24.3 Å². The lowest BCUT2D eigenvalue weighted by Gasteiger charge is -2.22. The second-order valence-electron chi connectivity index (χ2n) is 6.34. The van der Waals surface area contributed by atoms with Gasteiger partial charge in [-0.2, -0.15) is 0 Å². The maximum atomic E-state index is 12.3. The lowest BCUT2D eigenvalue weighted by molar-refractivity contribution is -0.134. The van der Waals surface area contributed by atoms with Crippen molar-refractivity contribution in [2.24, 2.45) is 5.92 Å². The molecule has 2 N–H and O–H groups in total. The minimum absolute atomic E-state index is 0.203. The summed E-state index contributed by atoms with van der Waals surface area (Å²) in [6, 6.07) is 6.59. The fraction of sp³-hybridized carbons (Fsp3) is 0.529. The summed E-state index contributed by atoms with van der Waals surface area (Å²) >= 11 is 0. The zero-order chi connectivity index (χ0) is 16.4. The number of nitrogens with one attached hydrogen (secondary N) is 1. The van der Waals surface area contributed by atoms with Crippen molar-refractivity contribution in [3.63, 3.8) is 0 Å². The van der Waals surface area contributed by atoms with Gasteiger partial charge in [0, 0.05) is 25.6 Å². The molecule has 2 fully saturated rings. The number of β-amino-alcohol motifs (C(OH)–C–C–N with tert-alkyl or cyclic N) is 1. The number of hydrogen-bond acceptors (Lipinski definition) is 4. The summed E-state index contributed by atoms with van der Waals surface area (Å²) < 4.78 is 5.65. The van der Waals surface area contributed by atoms with Crippen LogP contribution in [0.1, 0.15) is 26.2 Å². The SMILES string of the molecule is CC(=O)N1C[C@H](O)C[C@@H]1C(=O)Nc1ccc(OCC2CC2)cc1. The molecule has 23 heavy (non-hydrogen) atoms. The van der Waals surface area contributed by atoms with E-state index >= 15 is 0 Å². The van der Waals surface area contributed by atoms with Crippen molar-refractivity contribution in [3.05, 3.63) is 24.3 Å². The third-order valence-electron chi connectivity index (χ3n) is 4.29. The van der Waals surface area contributed by atoms with E-state index in [1.807, 2.05) is 12.1 Å². The molecule has 0 bridgehead atoms. The summed E-state index contributed by atoms with van der Waals surface area (Å²) in [6.45, 7) is 2.37. The zero-order valence-electron chi connectivity index (χ0n) is 13.2. The highest BCUT2D eigenvalue weighted by molar-refractivity contribution is 5.97. The Kier molecular flexibility index (Phi) is 4.52. The summed E-state index contributed by atoms with van der Waals surface area (Å²) in [6.07, 6.45) is 2.11. The number of likely N-dealkylation sites (tertiary alicyclic amines) is 1. The lowest BCUT2D eigenvalue weighted by atomic mass is 10.1. The molecule has 3 rings (SSSR count). The average Bonchev–Trinajstić information content (AvgIpc) is 3.26. The number of anilines is 1. The minimum atomic E-state index is -0.646. The van der Waals surface area contributed by atoms with E-state index in [1.54, 1.807) is 12.1 Å². The predicted octanol–water partition coefficient (Wildman–Crippen LogP) is 1.40. The molecule has 1 saturated heterocycles. The van der Waals surface area contributed by atoms with Gasteiger partial charge in [-0.1, -0.05) is 0 Å². The van der Waals surface area contributed by atoms with Gasteiger partial charge in [-0.15, -0.1) is 0 Å². The van der Waals surface area contributed by atoms with Gasteiger partial charge in [-0.25, -0.2) is 0 Å². The summed E-state index contributed by atoms with van der Waals surface area (Å²) in [5.74, 6) is 1.01. The Balaban J connectivity index is 1.57. The standard InChI is InChI=1S/C17H22N2O4/c1-11(20)19-9-14(21)8-16(19)17(22)18-13-4-6-15(7-5-13)23-10-12-2-3-12/h4-7,12,14,16,21H,2-3,8-10H2,1H3,(H,18,22)/t14-,16-/m1/s1. The van der Waals surface area contributed by atoms with E-state index < -0.39 is 12.1 Å². The highest BCUT2D eigenvalue weighted by Gasteiger charge is 2.37. The van der Waals surface area contributed by atoms with Crippen molar-refractivity contribution in [1.29, 1.82) is 0 Å². The van der Waals surface area contributed by atoms with Crippen molar-refractivity contribution in [1.82, 2.24) is 4.90 Å². The molecule has 0 aromatic heterocycles. The first-order valence-electron chi connectivity index (χ1n) is 8.02. The van der Waals surface area contributed by atoms with Crippen LogP contribution in [0.4, 0.5) is 5.69 Å². The molecule has 1 saturated carbocycles. The fourth-order valence-electron chi connectivity index (χ4n) is 2.77. The van der Waals surface area contributed by atoms with Crippen LogP contribution in [-0.4, -0.2) is 47.1 Å². The Hall–Kier alpha value is -2.08. The highest BCUT2D eigenvalue weighted by Crippen LogP contribution is 2.29. The maximum Gasteiger partial charge on any atom is 0.247 e. The molecular formula is C17H22N2O4. The van der Waals surface area contributed by atoms with Gasteiger partial charge in [0.1, 0.15) is 11.8 Å². The molecule has 0 unspecified atom stereocenters. The fourth-order valence-corrected chi connectivity index (χ4v) is 2.77. The molecule has 0 radical (unpaired) electrons. The van der Waals surface area contributed by atoms with Crippen molar-refractivity contribution in [3.8, 4) is 5.75 Å². The predicted molar refractivity (Wildman–Crippen MR) is 85.1 cm³/mol. The number of carbonyl (C=O) groups is 2. The van der Waals surface area contributed by atoms with Crippen molar-refractivity contribution >= 4 is 17.5 Å². The number of aliphatic hydroxyl groups is 1. The largest absolute Gasteiger partial charge is 0.493 e. The molecule has 1 aliphatic heterocycles. The van der Waals surface area contributed by atoms with Gasteiger partial charge < -0.3 is 20.1 Å². The lowest BCUT2D eigenvalue weighted by Crippen LogP contribution is -2.42. The summed E-state index contributed by atoms with van der Waals surface area (Å²) in [4.78, 5) is 25.3. The zero-order valence-corrected chi connectivity index (χ0v) is 13.2. The molecule has 6 heteroatoms. The monoisotopic (exact) mass is 318 g/mol. The first-order chi connectivity index (χ1) is 11.0. The third-order valence-corrected chi connectivity index (χ3v) is 4.29. The van der Waals surface area contributed by atoms with Crippen LogP contribution in [-0.2, 0) is 9.59 Å². The number of ether oxygens (including phenoxy) is 1. The van der Waals surface area contributed by atoms with E-state index in [9.17, 15) is 14.7 Å². The molecule has 1 heterocycles. The number of carbonyl (C=O) groups excluding carboxylic acids is 2. The van der Waals surface area contributed by atoms with E-state index in [1.165, 1.54) is 24.7 Å². The van der Waals surface area contributed by atoms with Gasteiger partial charge in [0.25, 0.3) is 0 Å². The number of hydrogen-bond donors (Lipinski definition) is 2. The maximum absolute atomic E-state index is 12.3. The highest BCUT2D eigenvalue weighted by atomic mass is 16.5. The van der Waals surface area contributed by atoms with Crippen LogP contribution in [0.2, 0.25) is 0 Å². The van der Waals surface area contributed by atoms with Crippen LogP contribution >= 0.6 is 0 Å². The second-order valence-corrected chi connectivity index (χ2v) is 6.34. The smallest absolute Gasteiger partial charge is 0.247 e. The Morgan fingerprint density at radius 2 is 2.00 bits per heavy atom. The van der Waals surface area contributed by atoms with Crippen LogP contribution < -0.4 is 10.1 Å². The minimum Gasteiger partial charge on any atom is -0.493 e. The molecular weight excluding hydrogens is 296 g/mol. The first kappa shape index (κ1) is 15.8. The van der Waals surface area contributed by atoms with E-state index in [2.05, 4.69) is 5.32 Å².